The topological polar surface area (TPSA) is 66.5 Å². The van der Waals surface area contributed by atoms with E-state index in [-0.39, 0.29) is 24.4 Å². The van der Waals surface area contributed by atoms with E-state index in [1.807, 2.05) is 30.3 Å². The summed E-state index contributed by atoms with van der Waals surface area (Å²) in [5.74, 6) is -1.64. The Morgan fingerprint density at radius 1 is 1.03 bits per heavy atom. The van der Waals surface area contributed by atoms with Crippen molar-refractivity contribution >= 4 is 15.7 Å². The Kier molecular flexibility index (Phi) is 6.52. The van der Waals surface area contributed by atoms with Crippen LogP contribution in [0, 0.1) is 5.41 Å². The molecule has 5 nitrogen and oxygen atoms in total. The zero-order valence-corrected chi connectivity index (χ0v) is 17.0. The molecule has 1 saturated heterocycles. The van der Waals surface area contributed by atoms with Gasteiger partial charge < -0.3 is 5.32 Å². The molecule has 0 saturated carbocycles. The van der Waals surface area contributed by atoms with Crippen molar-refractivity contribution in [2.75, 3.05) is 25.4 Å². The van der Waals surface area contributed by atoms with Gasteiger partial charge in [0.05, 0.1) is 10.6 Å². The SMILES string of the molecule is O=C(NCCS(=O)(=O)c1ccccc1)C1(C(F)(F)F)CCN(Cc2ccccc2)C1. The minimum absolute atomic E-state index is 0.0692. The maximum atomic E-state index is 13.9. The minimum atomic E-state index is -4.74. The van der Waals surface area contributed by atoms with E-state index in [1.165, 1.54) is 12.1 Å². The standard InChI is InChI=1S/C21H23F3N2O3S/c22-21(23,24)20(11-13-26(16-20)15-17-7-3-1-4-8-17)19(27)25-12-14-30(28,29)18-9-5-2-6-10-18/h1-10H,11-16H2,(H,25,27). The van der Waals surface area contributed by atoms with Crippen LogP contribution in [0.5, 0.6) is 0 Å². The molecule has 1 fully saturated rings. The molecule has 2 aromatic rings. The van der Waals surface area contributed by atoms with Gasteiger partial charge in [0.2, 0.25) is 5.91 Å². The highest BCUT2D eigenvalue weighted by Crippen LogP contribution is 2.46. The summed E-state index contributed by atoms with van der Waals surface area (Å²) in [7, 11) is -3.69. The number of halogens is 3. The molecule has 1 aliphatic heterocycles. The van der Waals surface area contributed by atoms with Gasteiger partial charge >= 0.3 is 6.18 Å². The van der Waals surface area contributed by atoms with Crippen molar-refractivity contribution in [2.24, 2.45) is 5.41 Å². The van der Waals surface area contributed by atoms with E-state index in [0.717, 1.165) is 5.56 Å². The van der Waals surface area contributed by atoms with Crippen molar-refractivity contribution in [3.05, 3.63) is 66.2 Å². The third-order valence-corrected chi connectivity index (χ3v) is 7.07. The number of amides is 1. The summed E-state index contributed by atoms with van der Waals surface area (Å²) in [4.78, 5) is 14.3. The fraction of sp³-hybridized carbons (Fsp3) is 0.381. The molecule has 9 heteroatoms. The average molecular weight is 440 g/mol. The van der Waals surface area contributed by atoms with Gasteiger partial charge in [0.1, 0.15) is 0 Å². The van der Waals surface area contributed by atoms with Gasteiger partial charge in [0.15, 0.2) is 15.3 Å². The Morgan fingerprint density at radius 3 is 2.23 bits per heavy atom. The van der Waals surface area contributed by atoms with Crippen molar-refractivity contribution in [3.8, 4) is 0 Å². The summed E-state index contributed by atoms with van der Waals surface area (Å²) in [6.45, 7) is -0.395. The quantitative estimate of drug-likeness (QED) is 0.719. The van der Waals surface area contributed by atoms with Crippen molar-refractivity contribution in [1.29, 1.82) is 0 Å². The molecular formula is C21H23F3N2O3S. The number of likely N-dealkylation sites (tertiary alicyclic amines) is 1. The molecule has 1 atom stereocenters. The number of sulfone groups is 1. The maximum absolute atomic E-state index is 13.9. The second-order valence-electron chi connectivity index (χ2n) is 7.41. The Balaban J connectivity index is 1.65. The van der Waals surface area contributed by atoms with Crippen LogP contribution in [0.4, 0.5) is 13.2 Å². The van der Waals surface area contributed by atoms with Gasteiger partial charge in [-0.15, -0.1) is 0 Å². The van der Waals surface area contributed by atoms with Crippen molar-refractivity contribution in [2.45, 2.75) is 24.0 Å². The molecule has 1 unspecified atom stereocenters. The molecular weight excluding hydrogens is 417 g/mol. The molecule has 0 aromatic heterocycles. The normalized spacial score (nSPS) is 20.2. The summed E-state index contributed by atoms with van der Waals surface area (Å²) < 4.78 is 66.3. The van der Waals surface area contributed by atoms with Gasteiger partial charge in [-0.3, -0.25) is 9.69 Å². The number of nitrogens with one attached hydrogen (secondary N) is 1. The van der Waals surface area contributed by atoms with Crippen LogP contribution in [0.1, 0.15) is 12.0 Å². The van der Waals surface area contributed by atoms with Crippen LogP contribution in [-0.2, 0) is 21.2 Å². The van der Waals surface area contributed by atoms with E-state index in [9.17, 15) is 26.4 Å². The van der Waals surface area contributed by atoms with E-state index < -0.39 is 39.6 Å². The van der Waals surface area contributed by atoms with Crippen LogP contribution in [0.15, 0.2) is 65.6 Å². The van der Waals surface area contributed by atoms with E-state index in [1.54, 1.807) is 23.1 Å². The summed E-state index contributed by atoms with van der Waals surface area (Å²) in [6, 6.07) is 16.7. The van der Waals surface area contributed by atoms with Gasteiger partial charge in [0.25, 0.3) is 0 Å². The Hall–Kier alpha value is -2.39. The first-order valence-corrected chi connectivity index (χ1v) is 11.2. The number of nitrogens with zero attached hydrogens (tertiary/aromatic N) is 1. The Labute approximate surface area is 173 Å². The number of alkyl halides is 3. The molecule has 0 spiro atoms. The van der Waals surface area contributed by atoms with Crippen LogP contribution in [-0.4, -0.2) is 50.8 Å². The first-order chi connectivity index (χ1) is 14.1. The summed E-state index contributed by atoms with van der Waals surface area (Å²) >= 11 is 0. The van der Waals surface area contributed by atoms with Crippen LogP contribution >= 0.6 is 0 Å². The molecule has 30 heavy (non-hydrogen) atoms. The fourth-order valence-electron chi connectivity index (χ4n) is 3.62. The van der Waals surface area contributed by atoms with Crippen LogP contribution in [0.2, 0.25) is 0 Å². The lowest BCUT2D eigenvalue weighted by Gasteiger charge is -2.30. The molecule has 2 aromatic carbocycles. The summed E-state index contributed by atoms with van der Waals surface area (Å²) in [6.07, 6.45) is -5.10. The first-order valence-electron chi connectivity index (χ1n) is 9.53. The lowest BCUT2D eigenvalue weighted by molar-refractivity contribution is -0.218. The zero-order chi connectivity index (χ0) is 21.8. The number of hydrogen-bond donors (Lipinski definition) is 1. The molecule has 0 radical (unpaired) electrons. The zero-order valence-electron chi connectivity index (χ0n) is 16.2. The molecule has 1 N–H and O–H groups in total. The van der Waals surface area contributed by atoms with Gasteiger partial charge in [-0.1, -0.05) is 48.5 Å². The van der Waals surface area contributed by atoms with E-state index in [0.29, 0.717) is 6.54 Å². The number of benzene rings is 2. The predicted molar refractivity (Wildman–Crippen MR) is 106 cm³/mol. The molecule has 1 aliphatic rings. The van der Waals surface area contributed by atoms with Crippen molar-refractivity contribution < 1.29 is 26.4 Å². The van der Waals surface area contributed by atoms with E-state index >= 15 is 0 Å². The lowest BCUT2D eigenvalue weighted by atomic mass is 9.85. The summed E-state index contributed by atoms with van der Waals surface area (Å²) in [5.41, 5.74) is -1.68. The fourth-order valence-corrected chi connectivity index (χ4v) is 4.80. The van der Waals surface area contributed by atoms with Crippen LogP contribution in [0.3, 0.4) is 0 Å². The van der Waals surface area contributed by atoms with Gasteiger partial charge in [-0.05, 0) is 30.7 Å². The predicted octanol–water partition coefficient (Wildman–Crippen LogP) is 3.03. The van der Waals surface area contributed by atoms with Gasteiger partial charge in [-0.2, -0.15) is 13.2 Å². The molecule has 162 valence electrons. The number of carbonyl (C=O) groups is 1. The van der Waals surface area contributed by atoms with Crippen LogP contribution in [0.25, 0.3) is 0 Å². The monoisotopic (exact) mass is 440 g/mol. The average Bonchev–Trinajstić information content (AvgIpc) is 3.14. The van der Waals surface area contributed by atoms with Gasteiger partial charge in [0, 0.05) is 19.6 Å². The minimum Gasteiger partial charge on any atom is -0.354 e. The highest BCUT2D eigenvalue weighted by Gasteiger charge is 2.62. The highest BCUT2D eigenvalue weighted by atomic mass is 32.2. The molecule has 1 heterocycles. The van der Waals surface area contributed by atoms with Crippen molar-refractivity contribution in [3.63, 3.8) is 0 Å². The molecule has 1 amide bonds. The highest BCUT2D eigenvalue weighted by molar-refractivity contribution is 7.91. The molecule has 0 aliphatic carbocycles. The Bertz CT molecular complexity index is 966. The van der Waals surface area contributed by atoms with E-state index in [4.69, 9.17) is 0 Å². The second kappa shape index (κ2) is 8.77. The number of carbonyl (C=O) groups excluding carboxylic acids is 1. The van der Waals surface area contributed by atoms with Crippen molar-refractivity contribution in [1.82, 2.24) is 10.2 Å². The second-order valence-corrected chi connectivity index (χ2v) is 9.52. The smallest absolute Gasteiger partial charge is 0.354 e. The summed E-state index contributed by atoms with van der Waals surface area (Å²) in [5, 5.41) is 2.22. The maximum Gasteiger partial charge on any atom is 0.404 e. The first kappa shape index (κ1) is 22.3. The lowest BCUT2D eigenvalue weighted by Crippen LogP contribution is -2.53. The van der Waals surface area contributed by atoms with Gasteiger partial charge in [-0.25, -0.2) is 8.42 Å². The molecule has 3 rings (SSSR count). The Morgan fingerprint density at radius 2 is 1.63 bits per heavy atom. The van der Waals surface area contributed by atoms with Crippen LogP contribution < -0.4 is 5.32 Å². The molecule has 0 bridgehead atoms. The third kappa shape index (κ3) is 4.84. The van der Waals surface area contributed by atoms with E-state index in [2.05, 4.69) is 5.32 Å². The largest absolute Gasteiger partial charge is 0.404 e. The number of rotatable bonds is 7. The third-order valence-electron chi connectivity index (χ3n) is 5.33. The number of hydrogen-bond acceptors (Lipinski definition) is 4.